The van der Waals surface area contributed by atoms with Gasteiger partial charge in [-0.05, 0) is 61.8 Å². The van der Waals surface area contributed by atoms with Crippen molar-refractivity contribution in [2.24, 2.45) is 0 Å². The number of halogens is 2. The van der Waals surface area contributed by atoms with Gasteiger partial charge in [0, 0.05) is 18.5 Å². The fourth-order valence-electron chi connectivity index (χ4n) is 4.01. The lowest BCUT2D eigenvalue weighted by molar-refractivity contribution is 0.0252. The largest absolute Gasteiger partial charge is 0.364 e. The standard InChI is InChI=1S/C19H21ClFN3O2/c20-14-8-13-11(7-15(14)21)3-5-16(13)22-9-12-4-6-17(25-12)19-23-18(24-26-19)10-1-2-10/h7-8,10,12,16-17,22H,1-6,9H2/t12-,16?,17+/m0/s1. The normalized spacial score (nSPS) is 27.8. The first-order valence-electron chi connectivity index (χ1n) is 9.37. The summed E-state index contributed by atoms with van der Waals surface area (Å²) in [6, 6.07) is 3.53. The number of aromatic nitrogens is 2. The van der Waals surface area contributed by atoms with Crippen molar-refractivity contribution >= 4 is 11.6 Å². The second-order valence-corrected chi connectivity index (χ2v) is 7.96. The van der Waals surface area contributed by atoms with Crippen LogP contribution in [0.4, 0.5) is 4.39 Å². The van der Waals surface area contributed by atoms with Gasteiger partial charge in [-0.1, -0.05) is 16.8 Å². The summed E-state index contributed by atoms with van der Waals surface area (Å²) in [5.74, 6) is 1.60. The highest BCUT2D eigenvalue weighted by Gasteiger charge is 2.34. The molecule has 1 aromatic carbocycles. The monoisotopic (exact) mass is 377 g/mol. The summed E-state index contributed by atoms with van der Waals surface area (Å²) in [7, 11) is 0. The number of nitrogens with one attached hydrogen (secondary N) is 1. The molecular weight excluding hydrogens is 357 g/mol. The van der Waals surface area contributed by atoms with Crippen LogP contribution in [-0.4, -0.2) is 22.8 Å². The zero-order valence-electron chi connectivity index (χ0n) is 14.4. The minimum absolute atomic E-state index is 0.0961. The smallest absolute Gasteiger partial charge is 0.255 e. The zero-order valence-corrected chi connectivity index (χ0v) is 15.1. The van der Waals surface area contributed by atoms with Crippen molar-refractivity contribution < 1.29 is 13.7 Å². The molecule has 3 aliphatic rings. The highest BCUT2D eigenvalue weighted by Crippen LogP contribution is 2.40. The van der Waals surface area contributed by atoms with Crippen LogP contribution in [0.1, 0.15) is 73.0 Å². The van der Waals surface area contributed by atoms with E-state index in [1.165, 1.54) is 0 Å². The maximum absolute atomic E-state index is 13.6. The van der Waals surface area contributed by atoms with Gasteiger partial charge < -0.3 is 14.6 Å². The van der Waals surface area contributed by atoms with E-state index in [0.717, 1.165) is 62.0 Å². The van der Waals surface area contributed by atoms with E-state index in [4.69, 9.17) is 20.9 Å². The molecule has 0 spiro atoms. The third kappa shape index (κ3) is 3.15. The van der Waals surface area contributed by atoms with Crippen molar-refractivity contribution in [2.45, 2.75) is 62.7 Å². The maximum atomic E-state index is 13.6. The molecule has 138 valence electrons. The molecule has 1 aromatic heterocycles. The number of aryl methyl sites for hydroxylation is 1. The van der Waals surface area contributed by atoms with E-state index in [9.17, 15) is 4.39 Å². The highest BCUT2D eigenvalue weighted by molar-refractivity contribution is 6.30. The molecule has 1 N–H and O–H groups in total. The lowest BCUT2D eigenvalue weighted by Gasteiger charge is -2.18. The Kier molecular flexibility index (Phi) is 4.22. The SMILES string of the molecule is Fc1cc2c(cc1Cl)C(NC[C@@H]1CC[C@H](c3nc(C4CC4)no3)O1)CC2. The molecule has 7 heteroatoms. The molecule has 2 aromatic rings. The Labute approximate surface area is 156 Å². The summed E-state index contributed by atoms with van der Waals surface area (Å²) in [5, 5.41) is 7.82. The van der Waals surface area contributed by atoms with Gasteiger partial charge >= 0.3 is 0 Å². The van der Waals surface area contributed by atoms with Crippen LogP contribution in [-0.2, 0) is 11.2 Å². The molecule has 26 heavy (non-hydrogen) atoms. The Bertz CT molecular complexity index is 823. The van der Waals surface area contributed by atoms with Crippen LogP contribution < -0.4 is 5.32 Å². The summed E-state index contributed by atoms with van der Waals surface area (Å²) >= 11 is 5.95. The fraction of sp³-hybridized carbons (Fsp3) is 0.579. The molecule has 1 unspecified atom stereocenters. The second-order valence-electron chi connectivity index (χ2n) is 7.55. The molecule has 5 nitrogen and oxygen atoms in total. The summed E-state index contributed by atoms with van der Waals surface area (Å²) in [6.45, 7) is 0.749. The number of fused-ring (bicyclic) bond motifs is 1. The Morgan fingerprint density at radius 2 is 2.08 bits per heavy atom. The lowest BCUT2D eigenvalue weighted by Crippen LogP contribution is -2.29. The van der Waals surface area contributed by atoms with Crippen molar-refractivity contribution in [1.29, 1.82) is 0 Å². The zero-order chi connectivity index (χ0) is 17.7. The molecule has 3 atom stereocenters. The molecule has 0 amide bonds. The predicted octanol–water partition coefficient (Wildman–Crippen LogP) is 4.24. The van der Waals surface area contributed by atoms with E-state index in [-0.39, 0.29) is 29.1 Å². The van der Waals surface area contributed by atoms with Gasteiger partial charge in [-0.3, -0.25) is 0 Å². The highest BCUT2D eigenvalue weighted by atomic mass is 35.5. The van der Waals surface area contributed by atoms with Crippen molar-refractivity contribution in [3.63, 3.8) is 0 Å². The summed E-state index contributed by atoms with van der Waals surface area (Å²) in [6.07, 6.45) is 6.04. The quantitative estimate of drug-likeness (QED) is 0.844. The minimum Gasteiger partial charge on any atom is -0.364 e. The van der Waals surface area contributed by atoms with Crippen LogP contribution in [0.25, 0.3) is 0 Å². The first kappa shape index (κ1) is 16.7. The Hall–Kier alpha value is -1.50. The molecule has 5 rings (SSSR count). The fourth-order valence-corrected chi connectivity index (χ4v) is 4.18. The van der Waals surface area contributed by atoms with Crippen LogP contribution in [0, 0.1) is 5.82 Å². The summed E-state index contributed by atoms with van der Waals surface area (Å²) in [4.78, 5) is 4.50. The maximum Gasteiger partial charge on any atom is 0.255 e. The molecular formula is C19H21ClFN3O2. The van der Waals surface area contributed by atoms with E-state index in [2.05, 4.69) is 15.5 Å². The van der Waals surface area contributed by atoms with Gasteiger partial charge in [0.15, 0.2) is 5.82 Å². The third-order valence-electron chi connectivity index (χ3n) is 5.63. The lowest BCUT2D eigenvalue weighted by atomic mass is 10.1. The van der Waals surface area contributed by atoms with E-state index in [1.807, 2.05) is 0 Å². The molecule has 1 saturated heterocycles. The van der Waals surface area contributed by atoms with Crippen LogP contribution >= 0.6 is 11.6 Å². The average molecular weight is 378 g/mol. The van der Waals surface area contributed by atoms with Crippen molar-refractivity contribution in [3.8, 4) is 0 Å². The topological polar surface area (TPSA) is 60.2 Å². The molecule has 2 aliphatic carbocycles. The Balaban J connectivity index is 1.18. The van der Waals surface area contributed by atoms with Crippen molar-refractivity contribution in [1.82, 2.24) is 15.5 Å². The molecule has 0 bridgehead atoms. The first-order chi connectivity index (χ1) is 12.7. The first-order valence-corrected chi connectivity index (χ1v) is 9.75. The van der Waals surface area contributed by atoms with Gasteiger partial charge in [-0.15, -0.1) is 0 Å². The van der Waals surface area contributed by atoms with Gasteiger partial charge in [0.25, 0.3) is 5.89 Å². The number of hydrogen-bond donors (Lipinski definition) is 1. The van der Waals surface area contributed by atoms with Crippen LogP contribution in [0.5, 0.6) is 0 Å². The number of rotatable bonds is 5. The van der Waals surface area contributed by atoms with E-state index >= 15 is 0 Å². The van der Waals surface area contributed by atoms with E-state index < -0.39 is 0 Å². The molecule has 0 radical (unpaired) electrons. The summed E-state index contributed by atoms with van der Waals surface area (Å²) in [5.41, 5.74) is 2.16. The number of benzene rings is 1. The van der Waals surface area contributed by atoms with Crippen LogP contribution in [0.3, 0.4) is 0 Å². The molecule has 1 saturated carbocycles. The minimum atomic E-state index is -0.335. The van der Waals surface area contributed by atoms with Crippen LogP contribution in [0.15, 0.2) is 16.7 Å². The molecule has 1 aliphatic heterocycles. The van der Waals surface area contributed by atoms with Gasteiger partial charge in [0.05, 0.1) is 11.1 Å². The average Bonchev–Trinajstić information content (AvgIpc) is 3.05. The van der Waals surface area contributed by atoms with Crippen LogP contribution in [0.2, 0.25) is 5.02 Å². The predicted molar refractivity (Wildman–Crippen MR) is 93.6 cm³/mol. The van der Waals surface area contributed by atoms with Gasteiger partial charge in [-0.25, -0.2) is 4.39 Å². The van der Waals surface area contributed by atoms with Gasteiger partial charge in [-0.2, -0.15) is 4.98 Å². The number of ether oxygens (including phenoxy) is 1. The Morgan fingerprint density at radius 1 is 1.19 bits per heavy atom. The number of hydrogen-bond acceptors (Lipinski definition) is 5. The van der Waals surface area contributed by atoms with Gasteiger partial charge in [0.2, 0.25) is 0 Å². The van der Waals surface area contributed by atoms with E-state index in [1.54, 1.807) is 12.1 Å². The third-order valence-corrected chi connectivity index (χ3v) is 5.92. The Morgan fingerprint density at radius 3 is 2.92 bits per heavy atom. The summed E-state index contributed by atoms with van der Waals surface area (Å²) < 4.78 is 25.1. The number of nitrogens with zero attached hydrogens (tertiary/aromatic N) is 2. The van der Waals surface area contributed by atoms with Crippen molar-refractivity contribution in [3.05, 3.63) is 45.8 Å². The van der Waals surface area contributed by atoms with Crippen molar-refractivity contribution in [2.75, 3.05) is 6.54 Å². The van der Waals surface area contributed by atoms with E-state index in [0.29, 0.717) is 11.8 Å². The molecule has 2 heterocycles. The molecule has 2 fully saturated rings. The van der Waals surface area contributed by atoms with Gasteiger partial charge in [0.1, 0.15) is 11.9 Å². The second kappa shape index (κ2) is 6.59.